The molecule has 1 aliphatic heterocycles. The van der Waals surface area contributed by atoms with Crippen LogP contribution in [0, 0.1) is 10.1 Å². The molecular formula is C14H12F2N4O4. The van der Waals surface area contributed by atoms with E-state index in [1.807, 2.05) is 0 Å². The summed E-state index contributed by atoms with van der Waals surface area (Å²) in [6, 6.07) is 5.26. The Balaban J connectivity index is 1.85. The normalized spacial score (nSPS) is 17.5. The van der Waals surface area contributed by atoms with E-state index < -0.39 is 23.5 Å². The minimum absolute atomic E-state index is 0.104. The minimum atomic E-state index is -3.01. The Morgan fingerprint density at radius 2 is 2.12 bits per heavy atom. The molecule has 1 aromatic carbocycles. The summed E-state index contributed by atoms with van der Waals surface area (Å²) in [6.07, 6.45) is 2.58. The molecule has 24 heavy (non-hydrogen) atoms. The van der Waals surface area contributed by atoms with Crippen molar-refractivity contribution in [3.8, 4) is 5.75 Å². The van der Waals surface area contributed by atoms with Gasteiger partial charge in [-0.15, -0.1) is 0 Å². The van der Waals surface area contributed by atoms with Gasteiger partial charge in [0.1, 0.15) is 24.2 Å². The smallest absolute Gasteiger partial charge is 0.387 e. The number of nitrogens with zero attached hydrogens (tertiary/aromatic N) is 4. The van der Waals surface area contributed by atoms with Crippen LogP contribution in [0.15, 0.2) is 36.7 Å². The van der Waals surface area contributed by atoms with Crippen LogP contribution in [0.1, 0.15) is 12.5 Å². The second-order valence-electron chi connectivity index (χ2n) is 5.08. The van der Waals surface area contributed by atoms with Crippen molar-refractivity contribution in [1.82, 2.24) is 9.78 Å². The molecule has 1 amide bonds. The predicted octanol–water partition coefficient (Wildman–Crippen LogP) is 2.37. The number of anilines is 1. The molecule has 0 N–H and O–H groups in total. The molecule has 0 radical (unpaired) electrons. The molecule has 2 heterocycles. The minimum Gasteiger partial charge on any atom is -0.433 e. The van der Waals surface area contributed by atoms with E-state index in [4.69, 9.17) is 0 Å². The van der Waals surface area contributed by atoms with Gasteiger partial charge in [0.25, 0.3) is 5.91 Å². The maximum Gasteiger partial charge on any atom is 0.387 e. The lowest BCUT2D eigenvalue weighted by atomic mass is 10.2. The summed E-state index contributed by atoms with van der Waals surface area (Å²) in [4.78, 5) is 24.0. The Bertz CT molecular complexity index is 780. The molecule has 126 valence electrons. The summed E-state index contributed by atoms with van der Waals surface area (Å²) in [6.45, 7) is -2.74. The second-order valence-corrected chi connectivity index (χ2v) is 5.08. The summed E-state index contributed by atoms with van der Waals surface area (Å²) < 4.78 is 30.7. The van der Waals surface area contributed by atoms with Crippen LogP contribution < -0.4 is 9.64 Å². The van der Waals surface area contributed by atoms with Crippen molar-refractivity contribution in [2.24, 2.45) is 0 Å². The molecule has 1 saturated heterocycles. The third-order valence-corrected chi connectivity index (χ3v) is 3.67. The van der Waals surface area contributed by atoms with Gasteiger partial charge in [-0.2, -0.15) is 13.9 Å². The van der Waals surface area contributed by atoms with Crippen LogP contribution >= 0.6 is 0 Å². The number of hydrogen-bond donors (Lipinski definition) is 0. The second kappa shape index (κ2) is 6.22. The number of halogens is 2. The van der Waals surface area contributed by atoms with Crippen LogP contribution in [0.5, 0.6) is 5.75 Å². The monoisotopic (exact) mass is 338 g/mol. The number of aromatic nitrogens is 2. The SMILES string of the molecule is O=C1[C@@H](n2cc([N+](=O)[O-])cn2)CCN1c1ccccc1OC(F)F. The zero-order valence-electron chi connectivity index (χ0n) is 12.2. The molecule has 0 bridgehead atoms. The quantitative estimate of drug-likeness (QED) is 0.617. The standard InChI is InChI=1S/C14H12F2N4O4/c15-14(16)24-12-4-2-1-3-10(12)18-6-5-11(13(18)21)19-8-9(7-17-19)20(22)23/h1-4,7-8,11,14H,5-6H2/t11-/m0/s1. The number of alkyl halides is 2. The number of hydrogen-bond acceptors (Lipinski definition) is 5. The van der Waals surface area contributed by atoms with Crippen molar-refractivity contribution in [1.29, 1.82) is 0 Å². The average molecular weight is 338 g/mol. The zero-order valence-corrected chi connectivity index (χ0v) is 12.2. The lowest BCUT2D eigenvalue weighted by Gasteiger charge is -2.20. The van der Waals surface area contributed by atoms with Gasteiger partial charge in [0.2, 0.25) is 0 Å². The van der Waals surface area contributed by atoms with Crippen LogP contribution in [0.2, 0.25) is 0 Å². The fourth-order valence-corrected chi connectivity index (χ4v) is 2.62. The Hall–Kier alpha value is -3.04. The Kier molecular flexibility index (Phi) is 4.11. The molecule has 10 heteroatoms. The molecule has 0 spiro atoms. The largest absolute Gasteiger partial charge is 0.433 e. The lowest BCUT2D eigenvalue weighted by Crippen LogP contribution is -2.29. The van der Waals surface area contributed by atoms with Gasteiger partial charge >= 0.3 is 12.3 Å². The highest BCUT2D eigenvalue weighted by atomic mass is 19.3. The number of carbonyl (C=O) groups excluding carboxylic acids is 1. The van der Waals surface area contributed by atoms with Gasteiger partial charge in [-0.05, 0) is 18.6 Å². The van der Waals surface area contributed by atoms with E-state index in [0.29, 0.717) is 6.42 Å². The Labute approximate surface area is 134 Å². The summed E-state index contributed by atoms with van der Waals surface area (Å²) in [5.74, 6) is -0.494. The summed E-state index contributed by atoms with van der Waals surface area (Å²) in [5.41, 5.74) is 0.00893. The fraction of sp³-hybridized carbons (Fsp3) is 0.286. The van der Waals surface area contributed by atoms with E-state index >= 15 is 0 Å². The first-order chi connectivity index (χ1) is 11.5. The maximum absolute atomic E-state index is 12.6. The summed E-state index contributed by atoms with van der Waals surface area (Å²) in [5, 5.41) is 14.6. The van der Waals surface area contributed by atoms with Gasteiger partial charge in [0.05, 0.1) is 10.6 Å². The molecular weight excluding hydrogens is 326 g/mol. The lowest BCUT2D eigenvalue weighted by molar-refractivity contribution is -0.385. The molecule has 0 aliphatic carbocycles. The Morgan fingerprint density at radius 1 is 1.38 bits per heavy atom. The molecule has 3 rings (SSSR count). The van der Waals surface area contributed by atoms with Gasteiger partial charge in [-0.3, -0.25) is 19.6 Å². The zero-order chi connectivity index (χ0) is 17.3. The van der Waals surface area contributed by atoms with Gasteiger partial charge in [-0.1, -0.05) is 12.1 Å². The van der Waals surface area contributed by atoms with E-state index in [2.05, 4.69) is 9.84 Å². The summed E-state index contributed by atoms with van der Waals surface area (Å²) in [7, 11) is 0. The third-order valence-electron chi connectivity index (χ3n) is 3.67. The van der Waals surface area contributed by atoms with Crippen molar-refractivity contribution in [3.63, 3.8) is 0 Å². The number of benzene rings is 1. The van der Waals surface area contributed by atoms with E-state index in [0.717, 1.165) is 6.20 Å². The number of para-hydroxylation sites is 2. The highest BCUT2D eigenvalue weighted by Gasteiger charge is 2.36. The van der Waals surface area contributed by atoms with Crippen LogP contribution in [-0.4, -0.2) is 33.8 Å². The van der Waals surface area contributed by atoms with Crippen LogP contribution in [0.4, 0.5) is 20.2 Å². The molecule has 0 unspecified atom stereocenters. The predicted molar refractivity (Wildman–Crippen MR) is 78.0 cm³/mol. The van der Waals surface area contributed by atoms with Crippen molar-refractivity contribution < 1.29 is 23.2 Å². The molecule has 2 aromatic rings. The van der Waals surface area contributed by atoms with Gasteiger partial charge < -0.3 is 9.64 Å². The first kappa shape index (κ1) is 15.8. The average Bonchev–Trinajstić information content (AvgIpc) is 3.14. The van der Waals surface area contributed by atoms with Crippen molar-refractivity contribution in [2.45, 2.75) is 19.1 Å². The van der Waals surface area contributed by atoms with E-state index in [-0.39, 0.29) is 23.7 Å². The number of ether oxygens (including phenoxy) is 1. The molecule has 1 atom stereocenters. The van der Waals surface area contributed by atoms with Crippen molar-refractivity contribution in [2.75, 3.05) is 11.4 Å². The van der Waals surface area contributed by atoms with Gasteiger partial charge in [-0.25, -0.2) is 0 Å². The summed E-state index contributed by atoms with van der Waals surface area (Å²) >= 11 is 0. The van der Waals surface area contributed by atoms with Crippen LogP contribution in [0.3, 0.4) is 0 Å². The Morgan fingerprint density at radius 3 is 2.79 bits per heavy atom. The molecule has 0 saturated carbocycles. The van der Waals surface area contributed by atoms with E-state index in [1.54, 1.807) is 6.07 Å². The van der Waals surface area contributed by atoms with E-state index in [9.17, 15) is 23.7 Å². The maximum atomic E-state index is 12.6. The van der Waals surface area contributed by atoms with E-state index in [1.165, 1.54) is 34.0 Å². The number of carbonyl (C=O) groups is 1. The first-order valence-corrected chi connectivity index (χ1v) is 7.01. The topological polar surface area (TPSA) is 90.5 Å². The van der Waals surface area contributed by atoms with Crippen LogP contribution in [-0.2, 0) is 4.79 Å². The van der Waals surface area contributed by atoms with Gasteiger partial charge in [0, 0.05) is 6.54 Å². The fourth-order valence-electron chi connectivity index (χ4n) is 2.62. The van der Waals surface area contributed by atoms with Crippen molar-refractivity contribution >= 4 is 17.3 Å². The third kappa shape index (κ3) is 2.90. The molecule has 1 aliphatic rings. The first-order valence-electron chi connectivity index (χ1n) is 7.01. The number of nitro groups is 1. The molecule has 1 fully saturated rings. The number of amides is 1. The van der Waals surface area contributed by atoms with Gasteiger partial charge in [0.15, 0.2) is 0 Å². The molecule has 1 aromatic heterocycles. The number of rotatable bonds is 5. The highest BCUT2D eigenvalue weighted by Crippen LogP contribution is 2.35. The molecule has 8 nitrogen and oxygen atoms in total. The highest BCUT2D eigenvalue weighted by molar-refractivity contribution is 5.99. The van der Waals surface area contributed by atoms with Crippen molar-refractivity contribution in [3.05, 3.63) is 46.8 Å². The van der Waals surface area contributed by atoms with Crippen LogP contribution in [0.25, 0.3) is 0 Å².